The Bertz CT molecular complexity index is 977. The zero-order valence-electron chi connectivity index (χ0n) is 15.0. The standard InChI is InChI=1S/C19H16F2N2O5/c1-11-9-15(12(2)26-11)18-23-22-16(28-18)10-25-17(24)8-5-13-3-6-14(7-4-13)27-19(20)21/h3-9,19H,10H2,1-2H3/b8-5+. The van der Waals surface area contributed by atoms with Gasteiger partial charge in [0.1, 0.15) is 17.3 Å². The SMILES string of the molecule is Cc1cc(-c2nnc(COC(=O)/C=C/c3ccc(OC(F)F)cc3)o2)c(C)o1. The van der Waals surface area contributed by atoms with Crippen LogP contribution in [-0.2, 0) is 16.1 Å². The summed E-state index contributed by atoms with van der Waals surface area (Å²) in [4.78, 5) is 11.8. The van der Waals surface area contributed by atoms with E-state index in [0.29, 0.717) is 16.9 Å². The molecule has 3 rings (SSSR count). The largest absolute Gasteiger partial charge is 0.466 e. The fourth-order valence-electron chi connectivity index (χ4n) is 2.37. The van der Waals surface area contributed by atoms with Crippen LogP contribution in [0.4, 0.5) is 8.78 Å². The van der Waals surface area contributed by atoms with Crippen LogP contribution in [0.2, 0.25) is 0 Å². The molecule has 7 nitrogen and oxygen atoms in total. The highest BCUT2D eigenvalue weighted by atomic mass is 19.3. The van der Waals surface area contributed by atoms with Crippen molar-refractivity contribution in [3.8, 4) is 17.2 Å². The summed E-state index contributed by atoms with van der Waals surface area (Å²) in [5, 5.41) is 7.74. The Kier molecular flexibility index (Phi) is 5.83. The highest BCUT2D eigenvalue weighted by Gasteiger charge is 2.15. The predicted octanol–water partition coefficient (Wildman–Crippen LogP) is 4.30. The third-order valence-corrected chi connectivity index (χ3v) is 3.59. The Labute approximate surface area is 158 Å². The molecule has 0 saturated carbocycles. The van der Waals surface area contributed by atoms with Crippen molar-refractivity contribution in [2.24, 2.45) is 0 Å². The Morgan fingerprint density at radius 1 is 1.18 bits per heavy atom. The maximum atomic E-state index is 12.1. The van der Waals surface area contributed by atoms with Crippen molar-refractivity contribution < 1.29 is 31.9 Å². The number of carbonyl (C=O) groups excluding carboxylic acids is 1. The molecule has 0 saturated heterocycles. The molecule has 0 spiro atoms. The number of nitrogens with zero attached hydrogens (tertiary/aromatic N) is 2. The van der Waals surface area contributed by atoms with Crippen molar-refractivity contribution in [1.82, 2.24) is 10.2 Å². The van der Waals surface area contributed by atoms with Crippen LogP contribution in [0.5, 0.6) is 5.75 Å². The summed E-state index contributed by atoms with van der Waals surface area (Å²) < 4.78 is 44.4. The molecule has 9 heteroatoms. The maximum absolute atomic E-state index is 12.1. The van der Waals surface area contributed by atoms with E-state index < -0.39 is 12.6 Å². The van der Waals surface area contributed by atoms with Crippen molar-refractivity contribution in [2.45, 2.75) is 27.1 Å². The molecule has 0 aliphatic heterocycles. The topological polar surface area (TPSA) is 87.6 Å². The molecule has 0 radical (unpaired) electrons. The van der Waals surface area contributed by atoms with Crippen molar-refractivity contribution >= 4 is 12.0 Å². The van der Waals surface area contributed by atoms with E-state index in [1.54, 1.807) is 19.9 Å². The molecule has 2 aromatic heterocycles. The van der Waals surface area contributed by atoms with Gasteiger partial charge in [-0.1, -0.05) is 12.1 Å². The van der Waals surface area contributed by atoms with E-state index in [1.807, 2.05) is 0 Å². The minimum absolute atomic E-state index is 0.0324. The zero-order chi connectivity index (χ0) is 20.1. The average Bonchev–Trinajstić information content (AvgIpc) is 3.24. The van der Waals surface area contributed by atoms with Crippen LogP contribution in [0.3, 0.4) is 0 Å². The minimum atomic E-state index is -2.89. The van der Waals surface area contributed by atoms with Crippen LogP contribution < -0.4 is 4.74 Å². The van der Waals surface area contributed by atoms with Gasteiger partial charge in [0.15, 0.2) is 6.61 Å². The summed E-state index contributed by atoms with van der Waals surface area (Å²) in [6, 6.07) is 7.58. The molecule has 0 aliphatic rings. The lowest BCUT2D eigenvalue weighted by Gasteiger charge is -2.03. The first kappa shape index (κ1) is 19.3. The van der Waals surface area contributed by atoms with Gasteiger partial charge in [0.2, 0.25) is 0 Å². The van der Waals surface area contributed by atoms with E-state index in [-0.39, 0.29) is 24.1 Å². The smallest absolute Gasteiger partial charge is 0.387 e. The molecule has 28 heavy (non-hydrogen) atoms. The number of furan rings is 1. The number of hydrogen-bond donors (Lipinski definition) is 0. The van der Waals surface area contributed by atoms with Crippen LogP contribution >= 0.6 is 0 Å². The van der Waals surface area contributed by atoms with Gasteiger partial charge in [0.25, 0.3) is 11.8 Å². The van der Waals surface area contributed by atoms with E-state index in [2.05, 4.69) is 14.9 Å². The summed E-state index contributed by atoms with van der Waals surface area (Å²) in [5.41, 5.74) is 1.30. The van der Waals surface area contributed by atoms with Crippen molar-refractivity contribution in [1.29, 1.82) is 0 Å². The first-order valence-corrected chi connectivity index (χ1v) is 8.20. The first-order chi connectivity index (χ1) is 13.4. The Morgan fingerprint density at radius 3 is 2.57 bits per heavy atom. The van der Waals surface area contributed by atoms with Crippen LogP contribution in [0.25, 0.3) is 17.5 Å². The summed E-state index contributed by atoms with van der Waals surface area (Å²) in [5.74, 6) is 1.20. The number of hydrogen-bond acceptors (Lipinski definition) is 7. The van der Waals surface area contributed by atoms with Crippen LogP contribution in [0, 0.1) is 13.8 Å². The molecular weight excluding hydrogens is 374 g/mol. The molecule has 0 unspecified atom stereocenters. The van der Waals surface area contributed by atoms with Crippen LogP contribution in [0.15, 0.2) is 45.2 Å². The zero-order valence-corrected chi connectivity index (χ0v) is 15.0. The molecule has 3 aromatic rings. The van der Waals surface area contributed by atoms with Crippen LogP contribution in [-0.4, -0.2) is 22.8 Å². The third kappa shape index (κ3) is 5.03. The monoisotopic (exact) mass is 390 g/mol. The molecule has 2 heterocycles. The number of benzene rings is 1. The second kappa shape index (κ2) is 8.47. The minimum Gasteiger partial charge on any atom is -0.466 e. The van der Waals surface area contributed by atoms with E-state index >= 15 is 0 Å². The lowest BCUT2D eigenvalue weighted by Crippen LogP contribution is -2.01. The Morgan fingerprint density at radius 2 is 1.93 bits per heavy atom. The quantitative estimate of drug-likeness (QED) is 0.439. The van der Waals surface area contributed by atoms with Gasteiger partial charge in [-0.25, -0.2) is 4.79 Å². The number of esters is 1. The second-order valence-corrected chi connectivity index (χ2v) is 5.72. The second-order valence-electron chi connectivity index (χ2n) is 5.72. The molecule has 146 valence electrons. The fraction of sp³-hybridized carbons (Fsp3) is 0.211. The number of rotatable bonds is 7. The van der Waals surface area contributed by atoms with E-state index in [1.165, 1.54) is 36.4 Å². The maximum Gasteiger partial charge on any atom is 0.387 e. The number of ether oxygens (including phenoxy) is 2. The Hall–Kier alpha value is -3.49. The van der Waals surface area contributed by atoms with Gasteiger partial charge in [0, 0.05) is 6.08 Å². The normalized spacial score (nSPS) is 11.3. The van der Waals surface area contributed by atoms with Gasteiger partial charge in [0.05, 0.1) is 5.56 Å². The third-order valence-electron chi connectivity index (χ3n) is 3.59. The van der Waals surface area contributed by atoms with E-state index in [0.717, 1.165) is 5.76 Å². The highest BCUT2D eigenvalue weighted by Crippen LogP contribution is 2.25. The van der Waals surface area contributed by atoms with Crippen LogP contribution in [0.1, 0.15) is 23.0 Å². The van der Waals surface area contributed by atoms with Gasteiger partial charge in [-0.15, -0.1) is 10.2 Å². The fourth-order valence-corrected chi connectivity index (χ4v) is 2.37. The van der Waals surface area contributed by atoms with E-state index in [4.69, 9.17) is 13.6 Å². The summed E-state index contributed by atoms with van der Waals surface area (Å²) in [6.45, 7) is 0.514. The molecule has 1 aromatic carbocycles. The Balaban J connectivity index is 1.53. The predicted molar refractivity (Wildman–Crippen MR) is 93.4 cm³/mol. The summed E-state index contributed by atoms with van der Waals surface area (Å²) in [7, 11) is 0. The summed E-state index contributed by atoms with van der Waals surface area (Å²) >= 11 is 0. The molecule has 0 N–H and O–H groups in total. The number of carbonyl (C=O) groups is 1. The average molecular weight is 390 g/mol. The number of aromatic nitrogens is 2. The van der Waals surface area contributed by atoms with Gasteiger partial charge in [-0.3, -0.25) is 0 Å². The van der Waals surface area contributed by atoms with Crippen molar-refractivity contribution in [3.05, 3.63) is 59.4 Å². The summed E-state index contributed by atoms with van der Waals surface area (Å²) in [6.07, 6.45) is 2.68. The lowest BCUT2D eigenvalue weighted by atomic mass is 10.2. The first-order valence-electron chi connectivity index (χ1n) is 8.20. The van der Waals surface area contributed by atoms with Gasteiger partial charge in [-0.2, -0.15) is 8.78 Å². The van der Waals surface area contributed by atoms with E-state index in [9.17, 15) is 13.6 Å². The number of alkyl halides is 2. The molecule has 0 bridgehead atoms. The van der Waals surface area contributed by atoms with Gasteiger partial charge in [-0.05, 0) is 43.7 Å². The molecule has 0 amide bonds. The molecular formula is C19H16F2N2O5. The van der Waals surface area contributed by atoms with Crippen molar-refractivity contribution in [2.75, 3.05) is 0 Å². The lowest BCUT2D eigenvalue weighted by molar-refractivity contribution is -0.139. The molecule has 0 fully saturated rings. The van der Waals surface area contributed by atoms with Gasteiger partial charge >= 0.3 is 12.6 Å². The highest BCUT2D eigenvalue weighted by molar-refractivity contribution is 5.87. The van der Waals surface area contributed by atoms with Crippen molar-refractivity contribution in [3.63, 3.8) is 0 Å². The number of halogens is 2. The van der Waals surface area contributed by atoms with Gasteiger partial charge < -0.3 is 18.3 Å². The molecule has 0 aliphatic carbocycles. The molecule has 0 atom stereocenters. The number of aryl methyl sites for hydroxylation is 2.